The van der Waals surface area contributed by atoms with E-state index in [1.165, 1.54) is 36.7 Å². The Morgan fingerprint density at radius 2 is 1.94 bits per heavy atom. The highest BCUT2D eigenvalue weighted by atomic mass is 35.5. The van der Waals surface area contributed by atoms with Crippen LogP contribution in [0.25, 0.3) is 33.8 Å². The van der Waals surface area contributed by atoms with Gasteiger partial charge in [-0.15, -0.1) is 0 Å². The number of benzene rings is 1. The summed E-state index contributed by atoms with van der Waals surface area (Å²) in [5.74, 6) is -2.59. The van der Waals surface area contributed by atoms with Crippen molar-refractivity contribution in [2.75, 3.05) is 7.11 Å². The first kappa shape index (κ1) is 21.5. The van der Waals surface area contributed by atoms with Gasteiger partial charge in [0, 0.05) is 18.0 Å². The lowest BCUT2D eigenvalue weighted by molar-refractivity contribution is -0.140. The molecule has 32 heavy (non-hydrogen) atoms. The van der Waals surface area contributed by atoms with Gasteiger partial charge >= 0.3 is 12.1 Å². The number of H-pyrrole nitrogens is 1. The van der Waals surface area contributed by atoms with Crippen LogP contribution in [0, 0.1) is 5.82 Å². The molecule has 0 fully saturated rings. The molecule has 1 N–H and O–H groups in total. The predicted octanol–water partition coefficient (Wildman–Crippen LogP) is 5.39. The standard InChI is InChI=1S/C20H11ClF4N4O3/c1-31-19(30)14-16(12-10(21)5-2-6-11(12)22)29-32-17(14)13-15(9-4-3-7-26-8-9)27-28-18(13)20(23,24)25/h2-8H,1H3,(H,27,28). The quantitative estimate of drug-likeness (QED) is 0.320. The van der Waals surface area contributed by atoms with Crippen LogP contribution in [-0.2, 0) is 10.9 Å². The van der Waals surface area contributed by atoms with E-state index in [0.29, 0.717) is 0 Å². The molecule has 3 aromatic heterocycles. The summed E-state index contributed by atoms with van der Waals surface area (Å²) < 4.78 is 65.8. The number of ether oxygens (including phenoxy) is 1. The smallest absolute Gasteiger partial charge is 0.433 e. The third-order valence-corrected chi connectivity index (χ3v) is 4.81. The number of esters is 1. The minimum absolute atomic E-state index is 0.134. The fourth-order valence-electron chi connectivity index (χ4n) is 3.13. The maximum Gasteiger partial charge on any atom is 0.433 e. The molecule has 0 aliphatic rings. The van der Waals surface area contributed by atoms with Crippen LogP contribution in [0.1, 0.15) is 16.1 Å². The molecule has 0 spiro atoms. The van der Waals surface area contributed by atoms with Crippen LogP contribution in [0.5, 0.6) is 0 Å². The van der Waals surface area contributed by atoms with E-state index in [2.05, 4.69) is 15.2 Å². The minimum Gasteiger partial charge on any atom is -0.465 e. The molecule has 0 saturated heterocycles. The topological polar surface area (TPSA) is 93.9 Å². The highest BCUT2D eigenvalue weighted by molar-refractivity contribution is 6.33. The normalized spacial score (nSPS) is 11.6. The van der Waals surface area contributed by atoms with Crippen molar-refractivity contribution in [2.45, 2.75) is 6.18 Å². The van der Waals surface area contributed by atoms with Crippen LogP contribution in [0.15, 0.2) is 47.2 Å². The van der Waals surface area contributed by atoms with E-state index >= 15 is 0 Å². The van der Waals surface area contributed by atoms with Gasteiger partial charge in [-0.2, -0.15) is 18.3 Å². The first-order valence-electron chi connectivity index (χ1n) is 8.82. The van der Waals surface area contributed by atoms with E-state index in [4.69, 9.17) is 20.9 Å². The molecule has 0 radical (unpaired) electrons. The number of hydrogen-bond donors (Lipinski definition) is 1. The second-order valence-corrected chi connectivity index (χ2v) is 6.79. The summed E-state index contributed by atoms with van der Waals surface area (Å²) in [5.41, 5.74) is -3.21. The van der Waals surface area contributed by atoms with E-state index in [1.807, 2.05) is 5.10 Å². The van der Waals surface area contributed by atoms with Crippen LogP contribution >= 0.6 is 11.6 Å². The molecule has 4 rings (SSSR count). The van der Waals surface area contributed by atoms with Crippen molar-refractivity contribution in [1.29, 1.82) is 0 Å². The summed E-state index contributed by atoms with van der Waals surface area (Å²) in [6.45, 7) is 0. The van der Waals surface area contributed by atoms with Gasteiger partial charge in [-0.25, -0.2) is 9.18 Å². The molecule has 0 atom stereocenters. The van der Waals surface area contributed by atoms with Gasteiger partial charge in [-0.1, -0.05) is 22.8 Å². The van der Waals surface area contributed by atoms with Crippen molar-refractivity contribution >= 4 is 17.6 Å². The molecule has 0 saturated carbocycles. The lowest BCUT2D eigenvalue weighted by atomic mass is 9.98. The number of hydrogen-bond acceptors (Lipinski definition) is 6. The number of rotatable bonds is 4. The van der Waals surface area contributed by atoms with Gasteiger partial charge in [0.2, 0.25) is 0 Å². The number of carbonyl (C=O) groups excluding carboxylic acids is 1. The van der Waals surface area contributed by atoms with Gasteiger partial charge in [0.25, 0.3) is 0 Å². The zero-order chi connectivity index (χ0) is 23.0. The largest absolute Gasteiger partial charge is 0.465 e. The molecule has 12 heteroatoms. The molecule has 164 valence electrons. The van der Waals surface area contributed by atoms with Gasteiger partial charge in [0.1, 0.15) is 22.8 Å². The molecule has 3 heterocycles. The molecular formula is C20H11ClF4N4O3. The third kappa shape index (κ3) is 3.60. The van der Waals surface area contributed by atoms with Gasteiger partial charge in [-0.3, -0.25) is 10.1 Å². The molecular weight excluding hydrogens is 456 g/mol. The molecule has 0 unspecified atom stereocenters. The highest BCUT2D eigenvalue weighted by Gasteiger charge is 2.42. The first-order valence-corrected chi connectivity index (χ1v) is 9.20. The summed E-state index contributed by atoms with van der Waals surface area (Å²) in [5, 5.41) is 9.20. The summed E-state index contributed by atoms with van der Waals surface area (Å²) in [4.78, 5) is 16.5. The average molecular weight is 467 g/mol. The van der Waals surface area contributed by atoms with Gasteiger partial charge < -0.3 is 9.26 Å². The SMILES string of the molecule is COC(=O)c1c(-c2c(F)cccc2Cl)noc1-c1c(-c2cccnc2)n[nH]c1C(F)(F)F. The monoisotopic (exact) mass is 466 g/mol. The molecule has 0 aliphatic heterocycles. The van der Waals surface area contributed by atoms with E-state index < -0.39 is 46.2 Å². The zero-order valence-electron chi connectivity index (χ0n) is 16.0. The van der Waals surface area contributed by atoms with Gasteiger partial charge in [0.05, 0.1) is 23.3 Å². The summed E-state index contributed by atoms with van der Waals surface area (Å²) >= 11 is 6.07. The van der Waals surface area contributed by atoms with E-state index in [0.717, 1.165) is 13.2 Å². The van der Waals surface area contributed by atoms with Crippen molar-refractivity contribution < 1.29 is 31.6 Å². The number of methoxy groups -OCH3 is 1. The summed E-state index contributed by atoms with van der Waals surface area (Å²) in [6, 6.07) is 6.66. The summed E-state index contributed by atoms with van der Waals surface area (Å²) in [7, 11) is 1.01. The number of carbonyl (C=O) groups is 1. The zero-order valence-corrected chi connectivity index (χ0v) is 16.8. The fraction of sp³-hybridized carbons (Fsp3) is 0.100. The maximum absolute atomic E-state index is 14.5. The molecule has 0 bridgehead atoms. The molecule has 7 nitrogen and oxygen atoms in total. The van der Waals surface area contributed by atoms with Gasteiger partial charge in [-0.05, 0) is 24.3 Å². The molecule has 1 aromatic carbocycles. The van der Waals surface area contributed by atoms with E-state index in [-0.39, 0.29) is 21.8 Å². The second-order valence-electron chi connectivity index (χ2n) is 6.39. The Balaban J connectivity index is 2.06. The number of aromatic nitrogens is 4. The minimum atomic E-state index is -4.90. The molecule has 0 aliphatic carbocycles. The lowest BCUT2D eigenvalue weighted by Crippen LogP contribution is -2.09. The second kappa shape index (κ2) is 8.08. The van der Waals surface area contributed by atoms with E-state index in [1.54, 1.807) is 0 Å². The Morgan fingerprint density at radius 3 is 2.56 bits per heavy atom. The number of nitrogens with zero attached hydrogens (tertiary/aromatic N) is 3. The number of aromatic amines is 1. The molecule has 4 aromatic rings. The van der Waals surface area contributed by atoms with Crippen LogP contribution in [0.3, 0.4) is 0 Å². The number of pyridine rings is 1. The Kier molecular flexibility index (Phi) is 5.43. The number of halogens is 5. The fourth-order valence-corrected chi connectivity index (χ4v) is 3.38. The number of nitrogens with one attached hydrogen (secondary N) is 1. The van der Waals surface area contributed by atoms with Crippen molar-refractivity contribution in [2.24, 2.45) is 0 Å². The first-order chi connectivity index (χ1) is 15.2. The van der Waals surface area contributed by atoms with Gasteiger partial charge in [0.15, 0.2) is 11.5 Å². The van der Waals surface area contributed by atoms with Crippen LogP contribution in [-0.4, -0.2) is 33.4 Å². The number of alkyl halides is 3. The summed E-state index contributed by atoms with van der Waals surface area (Å²) in [6.07, 6.45) is -2.20. The van der Waals surface area contributed by atoms with Crippen molar-refractivity contribution in [3.63, 3.8) is 0 Å². The third-order valence-electron chi connectivity index (χ3n) is 4.49. The maximum atomic E-state index is 14.5. The van der Waals surface area contributed by atoms with E-state index in [9.17, 15) is 22.4 Å². The van der Waals surface area contributed by atoms with Crippen molar-refractivity contribution in [3.8, 4) is 33.8 Å². The van der Waals surface area contributed by atoms with Crippen molar-refractivity contribution in [3.05, 3.63) is 64.8 Å². The molecule has 0 amide bonds. The van der Waals surface area contributed by atoms with Crippen LogP contribution in [0.4, 0.5) is 17.6 Å². The van der Waals surface area contributed by atoms with Crippen LogP contribution in [0.2, 0.25) is 5.02 Å². The average Bonchev–Trinajstić information content (AvgIpc) is 3.38. The Labute approximate surface area is 182 Å². The van der Waals surface area contributed by atoms with Crippen molar-refractivity contribution in [1.82, 2.24) is 20.3 Å². The highest BCUT2D eigenvalue weighted by Crippen LogP contribution is 2.45. The lowest BCUT2D eigenvalue weighted by Gasteiger charge is -2.09. The predicted molar refractivity (Wildman–Crippen MR) is 104 cm³/mol. The Morgan fingerprint density at radius 1 is 1.16 bits per heavy atom. The Bertz CT molecular complexity index is 1280. The Hall–Kier alpha value is -3.73. The van der Waals surface area contributed by atoms with Crippen LogP contribution < -0.4 is 0 Å².